The van der Waals surface area contributed by atoms with Crippen molar-refractivity contribution in [3.63, 3.8) is 0 Å². The zero-order valence-electron chi connectivity index (χ0n) is 22.1. The van der Waals surface area contributed by atoms with Crippen molar-refractivity contribution in [2.75, 3.05) is 38.6 Å². The van der Waals surface area contributed by atoms with Crippen LogP contribution < -0.4 is 24.8 Å². The van der Waals surface area contributed by atoms with E-state index < -0.39 is 21.6 Å². The summed E-state index contributed by atoms with van der Waals surface area (Å²) in [6.45, 7) is 2.10. The Hall–Kier alpha value is -3.06. The van der Waals surface area contributed by atoms with E-state index in [0.717, 1.165) is 13.0 Å². The van der Waals surface area contributed by atoms with Crippen LogP contribution in [0.15, 0.2) is 41.3 Å². The number of benzene rings is 2. The number of rotatable bonds is 11. The molecular weight excluding hydrogens is 583 g/mol. The fourth-order valence-corrected chi connectivity index (χ4v) is 6.00. The molecule has 218 valence electrons. The van der Waals surface area contributed by atoms with Gasteiger partial charge in [-0.2, -0.15) is 0 Å². The van der Waals surface area contributed by atoms with Gasteiger partial charge in [0.2, 0.25) is 0 Å². The molecule has 0 bridgehead atoms. The minimum atomic E-state index is -3.97. The average molecular weight is 616 g/mol. The third-order valence-corrected chi connectivity index (χ3v) is 8.68. The van der Waals surface area contributed by atoms with Crippen LogP contribution in [0.2, 0.25) is 5.02 Å². The minimum absolute atomic E-state index is 0. The third-order valence-electron chi connectivity index (χ3n) is 7.04. The Labute approximate surface area is 244 Å². The van der Waals surface area contributed by atoms with Crippen molar-refractivity contribution in [1.29, 1.82) is 0 Å². The molecule has 0 unspecified atom stereocenters. The number of hydrogen-bond donors (Lipinski definition) is 3. The van der Waals surface area contributed by atoms with Crippen LogP contribution in [-0.2, 0) is 14.8 Å². The number of carbonyl (C=O) groups is 3. The number of methoxy groups -OCH3 is 2. The van der Waals surface area contributed by atoms with E-state index in [1.54, 1.807) is 0 Å². The van der Waals surface area contributed by atoms with Gasteiger partial charge in [-0.05, 0) is 62.6 Å². The highest BCUT2D eigenvalue weighted by atomic mass is 35.5. The number of amides is 3. The molecule has 14 heteroatoms. The number of hydrogen-bond acceptors (Lipinski definition) is 8. The molecule has 2 saturated heterocycles. The van der Waals surface area contributed by atoms with Crippen LogP contribution in [0.25, 0.3) is 0 Å². The SMILES string of the molecule is COc1cc(OC)c(C(=O)CCCCN2CCC3(CC2)NC(=O)NC3=O)cc1NS(=O)(=O)c1ccc(Cl)cc1.Cl. The van der Waals surface area contributed by atoms with E-state index in [-0.39, 0.29) is 58.2 Å². The van der Waals surface area contributed by atoms with Gasteiger partial charge >= 0.3 is 6.03 Å². The first-order valence-electron chi connectivity index (χ1n) is 12.5. The Morgan fingerprint density at radius 1 is 1.05 bits per heavy atom. The van der Waals surface area contributed by atoms with Crippen molar-refractivity contribution in [2.24, 2.45) is 0 Å². The molecule has 0 aromatic heterocycles. The molecule has 0 radical (unpaired) electrons. The van der Waals surface area contributed by atoms with E-state index in [0.29, 0.717) is 37.4 Å². The Morgan fingerprint density at radius 2 is 1.70 bits per heavy atom. The highest BCUT2D eigenvalue weighted by Crippen LogP contribution is 2.35. The fraction of sp³-hybridized carbons (Fsp3) is 0.423. The average Bonchev–Trinajstić information content (AvgIpc) is 3.19. The smallest absolute Gasteiger partial charge is 0.322 e. The maximum Gasteiger partial charge on any atom is 0.322 e. The number of anilines is 1. The summed E-state index contributed by atoms with van der Waals surface area (Å²) in [5, 5.41) is 5.46. The topological polar surface area (TPSA) is 143 Å². The molecule has 2 aliphatic rings. The number of ether oxygens (including phenoxy) is 2. The van der Waals surface area contributed by atoms with Crippen LogP contribution in [-0.4, -0.2) is 70.4 Å². The second-order valence-electron chi connectivity index (χ2n) is 9.52. The molecule has 0 aliphatic carbocycles. The number of ketones is 1. The van der Waals surface area contributed by atoms with Crippen molar-refractivity contribution in [1.82, 2.24) is 15.5 Å². The largest absolute Gasteiger partial charge is 0.496 e. The molecule has 11 nitrogen and oxygen atoms in total. The Balaban J connectivity index is 0.00000441. The lowest BCUT2D eigenvalue weighted by Crippen LogP contribution is -2.54. The maximum absolute atomic E-state index is 13.1. The number of unbranched alkanes of at least 4 members (excludes halogenated alkanes) is 1. The number of carbonyl (C=O) groups excluding carboxylic acids is 3. The maximum atomic E-state index is 13.1. The molecule has 2 heterocycles. The van der Waals surface area contributed by atoms with E-state index >= 15 is 0 Å². The second kappa shape index (κ2) is 13.1. The number of nitrogens with zero attached hydrogens (tertiary/aromatic N) is 1. The number of urea groups is 1. The van der Waals surface area contributed by atoms with E-state index in [1.807, 2.05) is 0 Å². The Kier molecular flexibility index (Phi) is 10.3. The second-order valence-corrected chi connectivity index (χ2v) is 11.6. The monoisotopic (exact) mass is 614 g/mol. The zero-order valence-corrected chi connectivity index (χ0v) is 24.5. The summed E-state index contributed by atoms with van der Waals surface area (Å²) in [5.74, 6) is 0.0332. The van der Waals surface area contributed by atoms with Gasteiger partial charge in [0.05, 0.1) is 30.4 Å². The lowest BCUT2D eigenvalue weighted by Gasteiger charge is -2.36. The van der Waals surface area contributed by atoms with Crippen molar-refractivity contribution in [3.05, 3.63) is 47.0 Å². The number of nitrogens with one attached hydrogen (secondary N) is 3. The van der Waals surface area contributed by atoms with Gasteiger partial charge < -0.3 is 19.7 Å². The van der Waals surface area contributed by atoms with E-state index in [4.69, 9.17) is 21.1 Å². The predicted octanol–water partition coefficient (Wildman–Crippen LogP) is 3.61. The Bertz CT molecular complexity index is 1360. The van der Waals surface area contributed by atoms with Gasteiger partial charge in [0.25, 0.3) is 15.9 Å². The van der Waals surface area contributed by atoms with E-state index in [1.165, 1.54) is 50.6 Å². The lowest BCUT2D eigenvalue weighted by atomic mass is 9.87. The molecule has 3 N–H and O–H groups in total. The van der Waals surface area contributed by atoms with Crippen molar-refractivity contribution in [3.8, 4) is 11.5 Å². The fourth-order valence-electron chi connectivity index (χ4n) is 4.81. The summed E-state index contributed by atoms with van der Waals surface area (Å²) in [7, 11) is -1.14. The van der Waals surface area contributed by atoms with Gasteiger partial charge in [0, 0.05) is 30.6 Å². The van der Waals surface area contributed by atoms with Crippen LogP contribution in [0.5, 0.6) is 11.5 Å². The number of sulfonamides is 1. The number of imide groups is 1. The molecule has 2 aromatic carbocycles. The molecule has 2 fully saturated rings. The number of Topliss-reactive ketones (excluding diaryl/α,β-unsaturated/α-hetero) is 1. The van der Waals surface area contributed by atoms with Crippen molar-refractivity contribution < 1.29 is 32.3 Å². The number of likely N-dealkylation sites (tertiary alicyclic amines) is 1. The summed E-state index contributed by atoms with van der Waals surface area (Å²) in [5.41, 5.74) is -0.446. The molecule has 40 heavy (non-hydrogen) atoms. The molecule has 0 atom stereocenters. The molecule has 2 aliphatic heterocycles. The first kappa shape index (κ1) is 31.5. The third kappa shape index (κ3) is 6.98. The first-order chi connectivity index (χ1) is 18.6. The van der Waals surface area contributed by atoms with Crippen LogP contribution >= 0.6 is 24.0 Å². The highest BCUT2D eigenvalue weighted by Gasteiger charge is 2.47. The number of halogens is 2. The summed E-state index contributed by atoms with van der Waals surface area (Å²) in [4.78, 5) is 39.0. The minimum Gasteiger partial charge on any atom is -0.496 e. The van der Waals surface area contributed by atoms with Crippen molar-refractivity contribution >= 4 is 57.4 Å². The standard InChI is InChI=1S/C26H31ClN4O7S.ClH/c1-37-22-16-23(38-2)20(30-39(35,36)18-8-6-17(27)7-9-18)15-19(22)21(32)5-3-4-12-31-13-10-26(11-14-31)24(33)28-25(34)29-26;/h6-9,15-16,30H,3-5,10-14H2,1-2H3,(H2,28,29,33,34);1H. The van der Waals surface area contributed by atoms with Gasteiger partial charge in [-0.3, -0.25) is 19.6 Å². The van der Waals surface area contributed by atoms with Crippen LogP contribution in [0.1, 0.15) is 42.5 Å². The summed E-state index contributed by atoms with van der Waals surface area (Å²) in [6.07, 6.45) is 2.69. The zero-order chi connectivity index (χ0) is 28.2. The quantitative estimate of drug-likeness (QED) is 0.198. The molecule has 0 saturated carbocycles. The first-order valence-corrected chi connectivity index (χ1v) is 14.4. The molecule has 4 rings (SSSR count). The summed E-state index contributed by atoms with van der Waals surface area (Å²) >= 11 is 5.87. The van der Waals surface area contributed by atoms with Gasteiger partial charge in [-0.1, -0.05) is 11.6 Å². The van der Waals surface area contributed by atoms with Crippen LogP contribution in [0.3, 0.4) is 0 Å². The molecule has 1 spiro atoms. The summed E-state index contributed by atoms with van der Waals surface area (Å²) in [6, 6.07) is 8.18. The lowest BCUT2D eigenvalue weighted by molar-refractivity contribution is -0.125. The van der Waals surface area contributed by atoms with Gasteiger partial charge in [0.15, 0.2) is 5.78 Å². The van der Waals surface area contributed by atoms with Gasteiger partial charge in [0.1, 0.15) is 17.0 Å². The number of piperidine rings is 1. The molecule has 2 aromatic rings. The summed E-state index contributed by atoms with van der Waals surface area (Å²) < 4.78 is 39.1. The van der Waals surface area contributed by atoms with Crippen LogP contribution in [0, 0.1) is 0 Å². The van der Waals surface area contributed by atoms with Gasteiger partial charge in [-0.15, -0.1) is 12.4 Å². The molecule has 3 amide bonds. The van der Waals surface area contributed by atoms with E-state index in [9.17, 15) is 22.8 Å². The van der Waals surface area contributed by atoms with Gasteiger partial charge in [-0.25, -0.2) is 13.2 Å². The van der Waals surface area contributed by atoms with Crippen LogP contribution in [0.4, 0.5) is 10.5 Å². The normalized spacial score (nSPS) is 16.6. The molecular formula is C26H32Cl2N4O7S. The highest BCUT2D eigenvalue weighted by molar-refractivity contribution is 7.92. The Morgan fingerprint density at radius 3 is 2.27 bits per heavy atom. The predicted molar refractivity (Wildman–Crippen MR) is 152 cm³/mol. The van der Waals surface area contributed by atoms with E-state index in [2.05, 4.69) is 20.3 Å². The van der Waals surface area contributed by atoms with Crippen molar-refractivity contribution in [2.45, 2.75) is 42.5 Å².